The summed E-state index contributed by atoms with van der Waals surface area (Å²) in [6, 6.07) is 18.5. The molecule has 5 rings (SSSR count). The normalized spacial score (nSPS) is 38.0. The summed E-state index contributed by atoms with van der Waals surface area (Å²) in [7, 11) is 0. The van der Waals surface area contributed by atoms with Gasteiger partial charge in [0.15, 0.2) is 0 Å². The second-order valence-electron chi connectivity index (χ2n) is 8.07. The zero-order valence-electron chi connectivity index (χ0n) is 15.0. The van der Waals surface area contributed by atoms with E-state index in [0.29, 0.717) is 5.41 Å². The van der Waals surface area contributed by atoms with Gasteiger partial charge in [-0.2, -0.15) is 0 Å². The maximum absolute atomic E-state index is 4.25. The van der Waals surface area contributed by atoms with Crippen molar-refractivity contribution in [3.63, 3.8) is 0 Å². The van der Waals surface area contributed by atoms with Gasteiger partial charge in [-0.3, -0.25) is 5.32 Å². The minimum absolute atomic E-state index is 0.0151. The van der Waals surface area contributed by atoms with Gasteiger partial charge in [-0.1, -0.05) is 69.3 Å². The standard InChI is InChI=1S/C23H27N/c1-4-21-15-20(21)23(6-3)19-14-10-9-13-18(19)22(5-2,24-23)17-12-8-7-11-16(17)21/h7-14,20,24H,4-6,15H2,1-3H3. The number of rotatable bonds is 3. The Morgan fingerprint density at radius 1 is 0.792 bits per heavy atom. The highest BCUT2D eigenvalue weighted by molar-refractivity contribution is 5.60. The molecule has 0 aromatic heterocycles. The lowest BCUT2D eigenvalue weighted by Gasteiger charge is -2.36. The summed E-state index contributed by atoms with van der Waals surface area (Å²) < 4.78 is 0. The van der Waals surface area contributed by atoms with Crippen LogP contribution in [0.25, 0.3) is 0 Å². The van der Waals surface area contributed by atoms with Crippen molar-refractivity contribution in [1.29, 1.82) is 0 Å². The Balaban J connectivity index is 1.91. The van der Waals surface area contributed by atoms with E-state index in [1.54, 1.807) is 11.1 Å². The van der Waals surface area contributed by atoms with Crippen molar-refractivity contribution in [2.75, 3.05) is 0 Å². The molecule has 2 aromatic rings. The molecule has 3 aliphatic rings. The van der Waals surface area contributed by atoms with Crippen LogP contribution in [0.4, 0.5) is 0 Å². The predicted molar refractivity (Wildman–Crippen MR) is 99.1 cm³/mol. The molecule has 1 nitrogen and oxygen atoms in total. The molecule has 1 saturated carbocycles. The highest BCUT2D eigenvalue weighted by Gasteiger charge is 2.70. The predicted octanol–water partition coefficient (Wildman–Crippen LogP) is 5.23. The van der Waals surface area contributed by atoms with Crippen molar-refractivity contribution in [2.45, 2.75) is 62.9 Å². The molecule has 0 radical (unpaired) electrons. The summed E-state index contributed by atoms with van der Waals surface area (Å²) in [5.74, 6) is 0.721. The second kappa shape index (κ2) is 4.52. The Morgan fingerprint density at radius 2 is 1.38 bits per heavy atom. The van der Waals surface area contributed by atoms with Gasteiger partial charge in [-0.25, -0.2) is 0 Å². The van der Waals surface area contributed by atoms with Crippen molar-refractivity contribution in [3.8, 4) is 0 Å². The van der Waals surface area contributed by atoms with Crippen LogP contribution in [0.5, 0.6) is 0 Å². The van der Waals surface area contributed by atoms with Crippen LogP contribution in [-0.2, 0) is 16.5 Å². The molecule has 0 spiro atoms. The van der Waals surface area contributed by atoms with Crippen molar-refractivity contribution in [3.05, 3.63) is 70.8 Å². The van der Waals surface area contributed by atoms with Crippen LogP contribution >= 0.6 is 0 Å². The van der Waals surface area contributed by atoms with E-state index < -0.39 is 0 Å². The lowest BCUT2D eigenvalue weighted by atomic mass is 9.71. The number of hydrogen-bond donors (Lipinski definition) is 1. The fraction of sp³-hybridized carbons (Fsp3) is 0.478. The fourth-order valence-corrected chi connectivity index (χ4v) is 6.36. The van der Waals surface area contributed by atoms with Gasteiger partial charge in [0.25, 0.3) is 0 Å². The molecule has 124 valence electrons. The van der Waals surface area contributed by atoms with Crippen LogP contribution in [0.15, 0.2) is 48.5 Å². The van der Waals surface area contributed by atoms with Crippen LogP contribution < -0.4 is 5.32 Å². The summed E-state index contributed by atoms with van der Waals surface area (Å²) in [5, 5.41) is 4.25. The first-order valence-electron chi connectivity index (χ1n) is 9.68. The molecule has 4 atom stereocenters. The van der Waals surface area contributed by atoms with E-state index >= 15 is 0 Å². The third kappa shape index (κ3) is 1.39. The summed E-state index contributed by atoms with van der Waals surface area (Å²) in [6.45, 7) is 7.12. The summed E-state index contributed by atoms with van der Waals surface area (Å²) in [6.07, 6.45) is 4.86. The maximum Gasteiger partial charge on any atom is 0.0701 e. The van der Waals surface area contributed by atoms with Gasteiger partial charge in [0.2, 0.25) is 0 Å². The Kier molecular flexibility index (Phi) is 2.77. The Morgan fingerprint density at radius 3 is 1.96 bits per heavy atom. The van der Waals surface area contributed by atoms with E-state index in [4.69, 9.17) is 0 Å². The molecular formula is C23H27N. The van der Waals surface area contributed by atoms with Gasteiger partial charge in [-0.15, -0.1) is 0 Å². The maximum atomic E-state index is 4.25. The number of hydrogen-bond acceptors (Lipinski definition) is 1. The molecule has 1 aliphatic heterocycles. The number of nitrogens with one attached hydrogen (secondary N) is 1. The fourth-order valence-electron chi connectivity index (χ4n) is 6.36. The Labute approximate surface area is 145 Å². The van der Waals surface area contributed by atoms with Crippen molar-refractivity contribution in [1.82, 2.24) is 5.32 Å². The first kappa shape index (κ1) is 14.7. The minimum atomic E-state index is -0.0151. The van der Waals surface area contributed by atoms with Crippen LogP contribution in [-0.4, -0.2) is 0 Å². The Hall–Kier alpha value is -1.60. The van der Waals surface area contributed by atoms with Crippen molar-refractivity contribution >= 4 is 0 Å². The van der Waals surface area contributed by atoms with Crippen LogP contribution in [0.1, 0.15) is 68.7 Å². The summed E-state index contributed by atoms with van der Waals surface area (Å²) >= 11 is 0. The lowest BCUT2D eigenvalue weighted by Crippen LogP contribution is -2.48. The van der Waals surface area contributed by atoms with E-state index in [1.165, 1.54) is 30.4 Å². The molecule has 1 fully saturated rings. The van der Waals surface area contributed by atoms with Gasteiger partial charge in [0.05, 0.1) is 5.54 Å². The highest BCUT2D eigenvalue weighted by atomic mass is 15.1. The van der Waals surface area contributed by atoms with E-state index in [9.17, 15) is 0 Å². The summed E-state index contributed by atoms with van der Waals surface area (Å²) in [5.41, 5.74) is 6.76. The zero-order valence-corrected chi connectivity index (χ0v) is 15.0. The molecule has 4 unspecified atom stereocenters. The van der Waals surface area contributed by atoms with E-state index in [2.05, 4.69) is 74.6 Å². The van der Waals surface area contributed by atoms with Gasteiger partial charge in [0.1, 0.15) is 0 Å². The molecule has 0 saturated heterocycles. The van der Waals surface area contributed by atoms with Gasteiger partial charge < -0.3 is 0 Å². The van der Waals surface area contributed by atoms with Crippen LogP contribution in [0, 0.1) is 5.92 Å². The second-order valence-corrected chi connectivity index (χ2v) is 8.07. The van der Waals surface area contributed by atoms with E-state index in [1.807, 2.05) is 0 Å². The third-order valence-electron chi connectivity index (χ3n) is 7.62. The quantitative estimate of drug-likeness (QED) is 0.817. The average Bonchev–Trinajstić information content (AvgIpc) is 3.33. The number of fused-ring (bicyclic) bond motifs is 5. The third-order valence-corrected chi connectivity index (χ3v) is 7.62. The molecule has 2 bridgehead atoms. The van der Waals surface area contributed by atoms with Gasteiger partial charge in [0, 0.05) is 11.0 Å². The molecule has 24 heavy (non-hydrogen) atoms. The highest BCUT2D eigenvalue weighted by Crippen LogP contribution is 2.71. The van der Waals surface area contributed by atoms with Crippen molar-refractivity contribution in [2.24, 2.45) is 5.92 Å². The summed E-state index contributed by atoms with van der Waals surface area (Å²) in [4.78, 5) is 0. The first-order valence-corrected chi connectivity index (χ1v) is 9.68. The first-order chi connectivity index (χ1) is 11.7. The topological polar surface area (TPSA) is 12.0 Å². The largest absolute Gasteiger partial charge is 0.294 e. The molecule has 1 heteroatoms. The molecule has 2 aliphatic carbocycles. The number of benzene rings is 2. The smallest absolute Gasteiger partial charge is 0.0701 e. The SMILES string of the molecule is CCC12NC(CC)(c3ccccc31)C1CC1(CC)c1ccccc12. The Bertz CT molecular complexity index is 824. The van der Waals surface area contributed by atoms with Crippen LogP contribution in [0.2, 0.25) is 0 Å². The van der Waals surface area contributed by atoms with Gasteiger partial charge in [-0.05, 0) is 53.9 Å². The zero-order chi connectivity index (χ0) is 16.6. The molecule has 0 amide bonds. The van der Waals surface area contributed by atoms with E-state index in [-0.39, 0.29) is 11.1 Å². The molecule has 1 N–H and O–H groups in total. The molecular weight excluding hydrogens is 290 g/mol. The lowest BCUT2D eigenvalue weighted by molar-refractivity contribution is 0.227. The molecule has 2 aromatic carbocycles. The minimum Gasteiger partial charge on any atom is -0.294 e. The molecule has 1 heterocycles. The van der Waals surface area contributed by atoms with Gasteiger partial charge >= 0.3 is 0 Å². The van der Waals surface area contributed by atoms with Crippen molar-refractivity contribution < 1.29 is 0 Å². The monoisotopic (exact) mass is 317 g/mol. The average molecular weight is 317 g/mol. The van der Waals surface area contributed by atoms with E-state index in [0.717, 1.165) is 12.3 Å². The van der Waals surface area contributed by atoms with Crippen LogP contribution in [0.3, 0.4) is 0 Å².